The fourth-order valence-electron chi connectivity index (χ4n) is 1.61. The van der Waals surface area contributed by atoms with Gasteiger partial charge in [0, 0.05) is 19.5 Å². The maximum atomic E-state index is 10.4. The van der Waals surface area contributed by atoms with E-state index in [9.17, 15) is 4.79 Å². The molecule has 16 heavy (non-hydrogen) atoms. The summed E-state index contributed by atoms with van der Waals surface area (Å²) in [6.07, 6.45) is 2.44. The predicted octanol–water partition coefficient (Wildman–Crippen LogP) is 0.719. The molecule has 0 spiro atoms. The van der Waals surface area contributed by atoms with Crippen molar-refractivity contribution in [2.24, 2.45) is 7.05 Å². The summed E-state index contributed by atoms with van der Waals surface area (Å²) in [5.74, 6) is 0.0853. The Labute approximate surface area is 94.7 Å². The van der Waals surface area contributed by atoms with Crippen LogP contribution < -0.4 is 5.32 Å². The van der Waals surface area contributed by atoms with Gasteiger partial charge in [-0.1, -0.05) is 0 Å². The number of nitrogens with zero attached hydrogens (tertiary/aromatic N) is 3. The summed E-state index contributed by atoms with van der Waals surface area (Å²) in [6, 6.07) is 0.207. The van der Waals surface area contributed by atoms with Crippen molar-refractivity contribution < 1.29 is 9.90 Å². The highest BCUT2D eigenvalue weighted by Crippen LogP contribution is 2.09. The Hall–Kier alpha value is -1.43. The van der Waals surface area contributed by atoms with Gasteiger partial charge in [0.2, 0.25) is 0 Å². The molecule has 0 aliphatic rings. The zero-order valence-electron chi connectivity index (χ0n) is 9.84. The third-order valence-corrected chi connectivity index (χ3v) is 2.46. The molecule has 90 valence electrons. The molecule has 0 aliphatic heterocycles. The Bertz CT molecular complexity index is 350. The standard InChI is InChI=1S/C10H18N4O2/c1-7(4-5-9(15)16)12-8(2)10-13-11-6-14(10)3/h6-8,12H,4-5H2,1-3H3,(H,15,16). The molecule has 1 heterocycles. The highest BCUT2D eigenvalue weighted by Gasteiger charge is 2.14. The summed E-state index contributed by atoms with van der Waals surface area (Å²) in [6.45, 7) is 3.96. The third kappa shape index (κ3) is 3.62. The quantitative estimate of drug-likeness (QED) is 0.747. The van der Waals surface area contributed by atoms with E-state index in [-0.39, 0.29) is 18.5 Å². The molecule has 0 radical (unpaired) electrons. The van der Waals surface area contributed by atoms with Gasteiger partial charge in [0.1, 0.15) is 12.2 Å². The highest BCUT2D eigenvalue weighted by molar-refractivity contribution is 5.66. The molecule has 0 aliphatic carbocycles. The second-order valence-corrected chi connectivity index (χ2v) is 4.02. The molecule has 2 unspecified atom stereocenters. The molecule has 1 aromatic rings. The van der Waals surface area contributed by atoms with E-state index in [4.69, 9.17) is 5.11 Å². The van der Waals surface area contributed by atoms with Crippen LogP contribution in [-0.4, -0.2) is 31.9 Å². The second kappa shape index (κ2) is 5.60. The molecule has 2 atom stereocenters. The second-order valence-electron chi connectivity index (χ2n) is 4.02. The van der Waals surface area contributed by atoms with Gasteiger partial charge in [0.05, 0.1) is 6.04 Å². The summed E-state index contributed by atoms with van der Waals surface area (Å²) < 4.78 is 1.85. The van der Waals surface area contributed by atoms with Gasteiger partial charge in [-0.3, -0.25) is 4.79 Å². The van der Waals surface area contributed by atoms with Crippen LogP contribution >= 0.6 is 0 Å². The molecule has 0 bridgehead atoms. The van der Waals surface area contributed by atoms with E-state index < -0.39 is 5.97 Å². The number of carboxylic acids is 1. The molecule has 0 fully saturated rings. The zero-order chi connectivity index (χ0) is 12.1. The number of aromatic nitrogens is 3. The topological polar surface area (TPSA) is 80.0 Å². The van der Waals surface area contributed by atoms with Crippen molar-refractivity contribution in [3.8, 4) is 0 Å². The molecule has 6 nitrogen and oxygen atoms in total. The molecule has 6 heteroatoms. The molecule has 1 aromatic heterocycles. The average Bonchev–Trinajstić information content (AvgIpc) is 2.61. The van der Waals surface area contributed by atoms with Crippen molar-refractivity contribution in [2.75, 3.05) is 0 Å². The van der Waals surface area contributed by atoms with Crippen LogP contribution in [0.25, 0.3) is 0 Å². The van der Waals surface area contributed by atoms with Crippen molar-refractivity contribution in [2.45, 2.75) is 38.8 Å². The maximum Gasteiger partial charge on any atom is 0.303 e. The normalized spacial score (nSPS) is 14.7. The first kappa shape index (κ1) is 12.6. The van der Waals surface area contributed by atoms with E-state index in [0.717, 1.165) is 5.82 Å². The minimum atomic E-state index is -0.764. The number of carbonyl (C=O) groups is 1. The van der Waals surface area contributed by atoms with Gasteiger partial charge in [-0.05, 0) is 20.3 Å². The van der Waals surface area contributed by atoms with Gasteiger partial charge in [0.15, 0.2) is 0 Å². The maximum absolute atomic E-state index is 10.4. The van der Waals surface area contributed by atoms with Crippen LogP contribution in [0.2, 0.25) is 0 Å². The minimum Gasteiger partial charge on any atom is -0.481 e. The van der Waals surface area contributed by atoms with Crippen molar-refractivity contribution >= 4 is 5.97 Å². The fraction of sp³-hybridized carbons (Fsp3) is 0.700. The monoisotopic (exact) mass is 226 g/mol. The van der Waals surface area contributed by atoms with Gasteiger partial charge in [0.25, 0.3) is 0 Å². The summed E-state index contributed by atoms with van der Waals surface area (Å²) in [4.78, 5) is 10.4. The lowest BCUT2D eigenvalue weighted by molar-refractivity contribution is -0.137. The van der Waals surface area contributed by atoms with Gasteiger partial charge < -0.3 is 15.0 Å². The smallest absolute Gasteiger partial charge is 0.303 e. The van der Waals surface area contributed by atoms with E-state index in [1.807, 2.05) is 25.5 Å². The van der Waals surface area contributed by atoms with Crippen molar-refractivity contribution in [1.82, 2.24) is 20.1 Å². The van der Waals surface area contributed by atoms with Crippen LogP contribution in [0.15, 0.2) is 6.33 Å². The predicted molar refractivity (Wildman–Crippen MR) is 58.9 cm³/mol. The lowest BCUT2D eigenvalue weighted by Crippen LogP contribution is -2.30. The number of aryl methyl sites for hydroxylation is 1. The van der Waals surface area contributed by atoms with E-state index in [1.165, 1.54) is 0 Å². The summed E-state index contributed by atoms with van der Waals surface area (Å²) in [5, 5.41) is 19.7. The minimum absolute atomic E-state index is 0.0660. The van der Waals surface area contributed by atoms with Crippen LogP contribution in [0.5, 0.6) is 0 Å². The number of rotatable bonds is 6. The number of hydrogen-bond acceptors (Lipinski definition) is 4. The van der Waals surface area contributed by atoms with Crippen LogP contribution in [0.1, 0.15) is 38.6 Å². The van der Waals surface area contributed by atoms with E-state index in [2.05, 4.69) is 15.5 Å². The number of carboxylic acid groups (broad SMARTS) is 1. The largest absolute Gasteiger partial charge is 0.481 e. The summed E-state index contributed by atoms with van der Waals surface area (Å²) in [5.41, 5.74) is 0. The SMILES string of the molecule is CC(CCC(=O)O)NC(C)c1nncn1C. The molecular formula is C10H18N4O2. The molecular weight excluding hydrogens is 208 g/mol. The lowest BCUT2D eigenvalue weighted by Gasteiger charge is -2.18. The Morgan fingerprint density at radius 1 is 1.62 bits per heavy atom. The van der Waals surface area contributed by atoms with Crippen LogP contribution in [0.3, 0.4) is 0 Å². The Morgan fingerprint density at radius 3 is 2.81 bits per heavy atom. The fourth-order valence-corrected chi connectivity index (χ4v) is 1.61. The molecule has 0 aromatic carbocycles. The molecule has 2 N–H and O–H groups in total. The summed E-state index contributed by atoms with van der Waals surface area (Å²) >= 11 is 0. The first-order valence-electron chi connectivity index (χ1n) is 5.32. The van der Waals surface area contributed by atoms with Crippen LogP contribution in [0.4, 0.5) is 0 Å². The first-order valence-corrected chi connectivity index (χ1v) is 5.32. The number of hydrogen-bond donors (Lipinski definition) is 2. The highest BCUT2D eigenvalue weighted by atomic mass is 16.4. The lowest BCUT2D eigenvalue weighted by atomic mass is 10.1. The summed E-state index contributed by atoms with van der Waals surface area (Å²) in [7, 11) is 1.88. The Balaban J connectivity index is 2.42. The van der Waals surface area contributed by atoms with Crippen LogP contribution in [-0.2, 0) is 11.8 Å². The van der Waals surface area contributed by atoms with E-state index in [0.29, 0.717) is 6.42 Å². The Kier molecular flexibility index (Phi) is 4.42. The number of aliphatic carboxylic acids is 1. The van der Waals surface area contributed by atoms with Gasteiger partial charge in [-0.15, -0.1) is 10.2 Å². The van der Waals surface area contributed by atoms with Gasteiger partial charge >= 0.3 is 5.97 Å². The van der Waals surface area contributed by atoms with E-state index >= 15 is 0 Å². The van der Waals surface area contributed by atoms with Gasteiger partial charge in [-0.2, -0.15) is 0 Å². The van der Waals surface area contributed by atoms with Crippen molar-refractivity contribution in [3.63, 3.8) is 0 Å². The van der Waals surface area contributed by atoms with Crippen molar-refractivity contribution in [1.29, 1.82) is 0 Å². The Morgan fingerprint density at radius 2 is 2.31 bits per heavy atom. The average molecular weight is 226 g/mol. The van der Waals surface area contributed by atoms with Gasteiger partial charge in [-0.25, -0.2) is 0 Å². The van der Waals surface area contributed by atoms with Crippen LogP contribution in [0, 0.1) is 0 Å². The molecule has 0 saturated carbocycles. The van der Waals surface area contributed by atoms with E-state index in [1.54, 1.807) is 6.33 Å². The zero-order valence-corrected chi connectivity index (χ0v) is 9.84. The molecule has 0 saturated heterocycles. The first-order chi connectivity index (χ1) is 7.50. The molecule has 0 amide bonds. The van der Waals surface area contributed by atoms with Crippen molar-refractivity contribution in [3.05, 3.63) is 12.2 Å². The number of nitrogens with one attached hydrogen (secondary N) is 1. The third-order valence-electron chi connectivity index (χ3n) is 2.46. The molecule has 1 rings (SSSR count).